The van der Waals surface area contributed by atoms with Gasteiger partial charge in [-0.15, -0.1) is 11.3 Å². The molecule has 0 bridgehead atoms. The Balaban J connectivity index is 1.88. The number of aryl methyl sites for hydroxylation is 3. The smallest absolute Gasteiger partial charge is 0.245 e. The maximum Gasteiger partial charge on any atom is 0.245 e. The molecule has 0 fully saturated rings. The third kappa shape index (κ3) is 3.79. The summed E-state index contributed by atoms with van der Waals surface area (Å²) in [6.07, 6.45) is 0. The summed E-state index contributed by atoms with van der Waals surface area (Å²) in [6.45, 7) is 6.19. The Morgan fingerprint density at radius 1 is 1.32 bits per heavy atom. The van der Waals surface area contributed by atoms with Gasteiger partial charge in [-0.2, -0.15) is 0 Å². The largest absolute Gasteiger partial charge is 0.376 e. The van der Waals surface area contributed by atoms with E-state index in [0.717, 1.165) is 21.8 Å². The normalized spacial score (nSPS) is 10.3. The Labute approximate surface area is 116 Å². The van der Waals surface area contributed by atoms with Crippen molar-refractivity contribution in [3.8, 4) is 0 Å². The lowest BCUT2D eigenvalue weighted by Gasteiger charge is -2.06. The topological polar surface area (TPSA) is 54.0 Å². The molecule has 2 aromatic rings. The summed E-state index contributed by atoms with van der Waals surface area (Å²) in [5, 5.41) is 6.54. The summed E-state index contributed by atoms with van der Waals surface area (Å²) in [5.41, 5.74) is 3.07. The number of amides is 1. The summed E-state index contributed by atoms with van der Waals surface area (Å²) in [4.78, 5) is 17.2. The van der Waals surface area contributed by atoms with Crippen LogP contribution in [0.4, 0.5) is 10.8 Å². The van der Waals surface area contributed by atoms with Gasteiger partial charge in [0.1, 0.15) is 0 Å². The third-order valence-electron chi connectivity index (χ3n) is 2.75. The molecule has 2 N–H and O–H groups in total. The first kappa shape index (κ1) is 13.5. The molecule has 0 spiro atoms. The fraction of sp³-hybridized carbons (Fsp3) is 0.286. The predicted molar refractivity (Wildman–Crippen MR) is 79.9 cm³/mol. The predicted octanol–water partition coefficient (Wildman–Crippen LogP) is 3.12. The molecule has 0 saturated carbocycles. The van der Waals surface area contributed by atoms with Gasteiger partial charge in [-0.25, -0.2) is 4.98 Å². The van der Waals surface area contributed by atoms with E-state index in [-0.39, 0.29) is 12.5 Å². The van der Waals surface area contributed by atoms with Crippen LogP contribution in [0, 0.1) is 20.8 Å². The Morgan fingerprint density at radius 2 is 2.11 bits per heavy atom. The van der Waals surface area contributed by atoms with E-state index in [4.69, 9.17) is 0 Å². The van der Waals surface area contributed by atoms with E-state index in [9.17, 15) is 4.79 Å². The van der Waals surface area contributed by atoms with Crippen molar-refractivity contribution in [3.05, 3.63) is 40.4 Å². The molecule has 1 aromatic heterocycles. The second-order valence-corrected chi connectivity index (χ2v) is 5.64. The van der Waals surface area contributed by atoms with Gasteiger partial charge in [-0.05, 0) is 38.5 Å². The summed E-state index contributed by atoms with van der Waals surface area (Å²) in [6, 6.07) is 7.93. The van der Waals surface area contributed by atoms with Crippen molar-refractivity contribution < 1.29 is 4.79 Å². The van der Waals surface area contributed by atoms with E-state index in [1.807, 2.05) is 45.0 Å². The minimum atomic E-state index is -0.0877. The Kier molecular flexibility index (Phi) is 4.16. The fourth-order valence-corrected chi connectivity index (χ4v) is 2.46. The van der Waals surface area contributed by atoms with Crippen LogP contribution in [0.3, 0.4) is 0 Å². The third-order valence-corrected chi connectivity index (χ3v) is 3.73. The molecule has 1 aromatic carbocycles. The summed E-state index contributed by atoms with van der Waals surface area (Å²) in [5.74, 6) is -0.0877. The summed E-state index contributed by atoms with van der Waals surface area (Å²) < 4.78 is 0. The van der Waals surface area contributed by atoms with Gasteiger partial charge in [-0.1, -0.05) is 12.1 Å². The van der Waals surface area contributed by atoms with E-state index in [1.54, 1.807) is 0 Å². The van der Waals surface area contributed by atoms with Crippen molar-refractivity contribution in [2.75, 3.05) is 17.2 Å². The van der Waals surface area contributed by atoms with Crippen LogP contribution in [0.25, 0.3) is 0 Å². The number of hydrogen-bond donors (Lipinski definition) is 2. The van der Waals surface area contributed by atoms with E-state index < -0.39 is 0 Å². The molecular weight excluding hydrogens is 258 g/mol. The van der Waals surface area contributed by atoms with Gasteiger partial charge in [0.15, 0.2) is 5.13 Å². The van der Waals surface area contributed by atoms with Crippen LogP contribution in [0.1, 0.15) is 16.1 Å². The lowest BCUT2D eigenvalue weighted by Crippen LogP contribution is -2.21. The lowest BCUT2D eigenvalue weighted by molar-refractivity contribution is -0.114. The lowest BCUT2D eigenvalue weighted by atomic mass is 10.2. The van der Waals surface area contributed by atoms with Gasteiger partial charge in [0.2, 0.25) is 5.91 Å². The Hall–Kier alpha value is -1.88. The van der Waals surface area contributed by atoms with Crippen LogP contribution >= 0.6 is 11.3 Å². The highest BCUT2D eigenvalue weighted by molar-refractivity contribution is 7.15. The van der Waals surface area contributed by atoms with Crippen LogP contribution in [-0.2, 0) is 4.79 Å². The SMILES string of the molecule is Cc1cccc(NCC(=O)Nc2nc(C)c(C)s2)c1. The molecule has 2 rings (SSSR count). The minimum absolute atomic E-state index is 0.0877. The van der Waals surface area contributed by atoms with Gasteiger partial charge < -0.3 is 10.6 Å². The van der Waals surface area contributed by atoms with Gasteiger partial charge in [0.05, 0.1) is 12.2 Å². The number of rotatable bonds is 4. The standard InChI is InChI=1S/C14H17N3OS/c1-9-5-4-6-12(7-9)15-8-13(18)17-14-16-10(2)11(3)19-14/h4-7,15H,8H2,1-3H3,(H,16,17,18). The molecule has 0 saturated heterocycles. The number of thiazole rings is 1. The van der Waals surface area contributed by atoms with Crippen molar-refractivity contribution in [1.82, 2.24) is 4.98 Å². The van der Waals surface area contributed by atoms with Gasteiger partial charge in [-0.3, -0.25) is 4.79 Å². The van der Waals surface area contributed by atoms with Gasteiger partial charge >= 0.3 is 0 Å². The number of nitrogens with zero attached hydrogens (tertiary/aromatic N) is 1. The summed E-state index contributed by atoms with van der Waals surface area (Å²) in [7, 11) is 0. The molecule has 1 heterocycles. The molecule has 0 aliphatic rings. The van der Waals surface area contributed by atoms with Crippen LogP contribution in [0.5, 0.6) is 0 Å². The minimum Gasteiger partial charge on any atom is -0.376 e. The molecule has 0 aliphatic carbocycles. The fourth-order valence-electron chi connectivity index (χ4n) is 1.63. The zero-order valence-electron chi connectivity index (χ0n) is 11.3. The maximum atomic E-state index is 11.8. The van der Waals surface area contributed by atoms with E-state index >= 15 is 0 Å². The average Bonchev–Trinajstić information content (AvgIpc) is 2.66. The Morgan fingerprint density at radius 3 is 2.74 bits per heavy atom. The Bertz CT molecular complexity index is 573. The van der Waals surface area contributed by atoms with Crippen molar-refractivity contribution in [3.63, 3.8) is 0 Å². The van der Waals surface area contributed by atoms with Gasteiger partial charge in [0.25, 0.3) is 0 Å². The molecular formula is C14H17N3OS. The van der Waals surface area contributed by atoms with E-state index in [2.05, 4.69) is 15.6 Å². The second-order valence-electron chi connectivity index (χ2n) is 4.43. The highest BCUT2D eigenvalue weighted by atomic mass is 32.1. The monoisotopic (exact) mass is 275 g/mol. The molecule has 4 nitrogen and oxygen atoms in total. The first-order valence-electron chi connectivity index (χ1n) is 6.09. The van der Waals surface area contributed by atoms with E-state index in [1.165, 1.54) is 11.3 Å². The highest BCUT2D eigenvalue weighted by Gasteiger charge is 2.07. The van der Waals surface area contributed by atoms with Crippen molar-refractivity contribution in [2.24, 2.45) is 0 Å². The van der Waals surface area contributed by atoms with Crippen LogP contribution in [0.15, 0.2) is 24.3 Å². The summed E-state index contributed by atoms with van der Waals surface area (Å²) >= 11 is 1.50. The van der Waals surface area contributed by atoms with Crippen LogP contribution in [0.2, 0.25) is 0 Å². The molecule has 19 heavy (non-hydrogen) atoms. The molecule has 0 aliphatic heterocycles. The molecule has 0 radical (unpaired) electrons. The number of hydrogen-bond acceptors (Lipinski definition) is 4. The molecule has 0 unspecified atom stereocenters. The molecule has 0 atom stereocenters. The van der Waals surface area contributed by atoms with Gasteiger partial charge in [0, 0.05) is 10.6 Å². The number of anilines is 2. The second kappa shape index (κ2) is 5.84. The van der Waals surface area contributed by atoms with E-state index in [0.29, 0.717) is 5.13 Å². The molecule has 5 heteroatoms. The molecule has 1 amide bonds. The zero-order valence-corrected chi connectivity index (χ0v) is 12.1. The average molecular weight is 275 g/mol. The first-order chi connectivity index (χ1) is 9.04. The number of aromatic nitrogens is 1. The van der Waals surface area contributed by atoms with Crippen molar-refractivity contribution >= 4 is 28.1 Å². The molecule has 100 valence electrons. The highest BCUT2D eigenvalue weighted by Crippen LogP contribution is 2.20. The number of benzene rings is 1. The quantitative estimate of drug-likeness (QED) is 0.901. The van der Waals surface area contributed by atoms with Crippen LogP contribution < -0.4 is 10.6 Å². The van der Waals surface area contributed by atoms with Crippen molar-refractivity contribution in [2.45, 2.75) is 20.8 Å². The number of carbonyl (C=O) groups excluding carboxylic acids is 1. The van der Waals surface area contributed by atoms with Crippen molar-refractivity contribution in [1.29, 1.82) is 0 Å². The maximum absolute atomic E-state index is 11.8. The number of nitrogens with one attached hydrogen (secondary N) is 2. The number of carbonyl (C=O) groups is 1. The zero-order chi connectivity index (χ0) is 13.8. The van der Waals surface area contributed by atoms with Crippen LogP contribution in [-0.4, -0.2) is 17.4 Å². The first-order valence-corrected chi connectivity index (χ1v) is 6.90.